The van der Waals surface area contributed by atoms with Crippen molar-refractivity contribution in [3.05, 3.63) is 35.4 Å². The maximum Gasteiger partial charge on any atom is 0.235 e. The van der Waals surface area contributed by atoms with Crippen molar-refractivity contribution < 1.29 is 13.2 Å². The third kappa shape index (κ3) is 2.68. The van der Waals surface area contributed by atoms with Crippen LogP contribution in [0.25, 0.3) is 0 Å². The van der Waals surface area contributed by atoms with Crippen LogP contribution >= 0.6 is 0 Å². The summed E-state index contributed by atoms with van der Waals surface area (Å²) >= 11 is 0. The van der Waals surface area contributed by atoms with Crippen molar-refractivity contribution in [2.75, 3.05) is 12.0 Å². The van der Waals surface area contributed by atoms with Gasteiger partial charge in [-0.15, -0.1) is 0 Å². The van der Waals surface area contributed by atoms with Crippen molar-refractivity contribution in [2.45, 2.75) is 43.1 Å². The lowest BCUT2D eigenvalue weighted by molar-refractivity contribution is 0.256. The summed E-state index contributed by atoms with van der Waals surface area (Å²) in [5.41, 5.74) is 1.55. The molecule has 1 aromatic rings. The zero-order valence-electron chi connectivity index (χ0n) is 12.1. The summed E-state index contributed by atoms with van der Waals surface area (Å²) < 4.78 is 23.1. The molecule has 21 heavy (non-hydrogen) atoms. The second-order valence-corrected chi connectivity index (χ2v) is 8.66. The van der Waals surface area contributed by atoms with Gasteiger partial charge in [0.25, 0.3) is 0 Å². The van der Waals surface area contributed by atoms with E-state index in [0.717, 1.165) is 43.2 Å². The summed E-state index contributed by atoms with van der Waals surface area (Å²) in [6.07, 6.45) is 7.69. The van der Waals surface area contributed by atoms with Gasteiger partial charge in [-0.2, -0.15) is 4.99 Å². The molecule has 0 aromatic heterocycles. The molecular formula is C16H19NO3S. The fourth-order valence-corrected chi connectivity index (χ4v) is 4.83. The molecule has 0 spiro atoms. The Kier molecular flexibility index (Phi) is 3.30. The van der Waals surface area contributed by atoms with Crippen molar-refractivity contribution in [1.29, 1.82) is 0 Å². The van der Waals surface area contributed by atoms with E-state index in [1.54, 1.807) is 6.08 Å². The van der Waals surface area contributed by atoms with Crippen molar-refractivity contribution in [3.63, 3.8) is 0 Å². The van der Waals surface area contributed by atoms with E-state index >= 15 is 0 Å². The van der Waals surface area contributed by atoms with E-state index in [9.17, 15) is 13.2 Å². The third-order valence-electron chi connectivity index (χ3n) is 4.87. The SMILES string of the molecule is CS(=O)(=O)CC1(c2ccc(C3(N=C=O)CCC3)cc2)CC1. The zero-order chi connectivity index (χ0) is 15.1. The van der Waals surface area contributed by atoms with E-state index in [1.807, 2.05) is 24.3 Å². The minimum atomic E-state index is -2.98. The van der Waals surface area contributed by atoms with Crippen molar-refractivity contribution in [3.8, 4) is 0 Å². The van der Waals surface area contributed by atoms with E-state index in [-0.39, 0.29) is 16.7 Å². The van der Waals surface area contributed by atoms with E-state index in [4.69, 9.17) is 0 Å². The first-order chi connectivity index (χ1) is 9.89. The highest BCUT2D eigenvalue weighted by atomic mass is 32.2. The molecule has 3 rings (SSSR count). The average Bonchev–Trinajstić information content (AvgIpc) is 3.13. The molecule has 2 fully saturated rings. The Balaban J connectivity index is 1.87. The summed E-state index contributed by atoms with van der Waals surface area (Å²) in [6, 6.07) is 8.01. The normalized spacial score (nSPS) is 22.0. The molecule has 4 nitrogen and oxygen atoms in total. The number of hydrogen-bond donors (Lipinski definition) is 0. The van der Waals surface area contributed by atoms with Gasteiger partial charge < -0.3 is 0 Å². The molecule has 2 aliphatic rings. The summed E-state index contributed by atoms with van der Waals surface area (Å²) in [5, 5.41) is 0. The van der Waals surface area contributed by atoms with Gasteiger partial charge in [0, 0.05) is 11.7 Å². The molecule has 2 aliphatic carbocycles. The highest BCUT2D eigenvalue weighted by molar-refractivity contribution is 7.90. The van der Waals surface area contributed by atoms with Crippen molar-refractivity contribution >= 4 is 15.9 Å². The first kappa shape index (κ1) is 14.5. The first-order valence-corrected chi connectivity index (χ1v) is 9.33. The molecular weight excluding hydrogens is 286 g/mol. The maximum absolute atomic E-state index is 11.6. The number of carbonyl (C=O) groups excluding carboxylic acids is 1. The fraction of sp³-hybridized carbons (Fsp3) is 0.562. The van der Waals surface area contributed by atoms with Gasteiger partial charge in [0.15, 0.2) is 0 Å². The predicted octanol–water partition coefficient (Wildman–Crippen LogP) is 2.48. The monoisotopic (exact) mass is 305 g/mol. The molecule has 1 aromatic carbocycles. The van der Waals surface area contributed by atoms with Crippen LogP contribution < -0.4 is 0 Å². The van der Waals surface area contributed by atoms with Crippen molar-refractivity contribution in [2.24, 2.45) is 4.99 Å². The lowest BCUT2D eigenvalue weighted by atomic mass is 9.72. The highest BCUT2D eigenvalue weighted by Crippen LogP contribution is 2.50. The predicted molar refractivity (Wildman–Crippen MR) is 80.7 cm³/mol. The maximum atomic E-state index is 11.6. The van der Waals surface area contributed by atoms with Crippen LogP contribution in [-0.4, -0.2) is 26.5 Å². The smallest absolute Gasteiger partial charge is 0.229 e. The van der Waals surface area contributed by atoms with Gasteiger partial charge in [-0.05, 0) is 43.2 Å². The molecule has 112 valence electrons. The number of sulfone groups is 1. The molecule has 0 radical (unpaired) electrons. The highest BCUT2D eigenvalue weighted by Gasteiger charge is 2.47. The molecule has 0 amide bonds. The Labute approximate surface area is 125 Å². The van der Waals surface area contributed by atoms with Gasteiger partial charge >= 0.3 is 0 Å². The van der Waals surface area contributed by atoms with Crippen LogP contribution in [0.5, 0.6) is 0 Å². The van der Waals surface area contributed by atoms with E-state index in [1.165, 1.54) is 6.26 Å². The van der Waals surface area contributed by atoms with Crippen LogP contribution in [0.2, 0.25) is 0 Å². The van der Waals surface area contributed by atoms with Crippen LogP contribution in [0.3, 0.4) is 0 Å². The summed E-state index contributed by atoms with van der Waals surface area (Å²) in [6.45, 7) is 0. The fourth-order valence-electron chi connectivity index (χ4n) is 3.37. The van der Waals surface area contributed by atoms with Gasteiger partial charge in [0.05, 0.1) is 11.3 Å². The van der Waals surface area contributed by atoms with Crippen LogP contribution in [-0.2, 0) is 25.6 Å². The molecule has 0 heterocycles. The van der Waals surface area contributed by atoms with Gasteiger partial charge in [-0.3, -0.25) is 0 Å². The molecule has 0 bridgehead atoms. The minimum Gasteiger partial charge on any atom is -0.229 e. The van der Waals surface area contributed by atoms with Crippen LogP contribution in [0.4, 0.5) is 0 Å². The molecule has 0 atom stereocenters. The second-order valence-electron chi connectivity index (χ2n) is 6.52. The van der Waals surface area contributed by atoms with E-state index in [0.29, 0.717) is 0 Å². The molecule has 0 N–H and O–H groups in total. The van der Waals surface area contributed by atoms with Crippen LogP contribution in [0.15, 0.2) is 29.3 Å². The number of rotatable bonds is 5. The summed E-state index contributed by atoms with van der Waals surface area (Å²) in [4.78, 5) is 14.6. The molecule has 0 saturated heterocycles. The number of hydrogen-bond acceptors (Lipinski definition) is 4. The van der Waals surface area contributed by atoms with E-state index in [2.05, 4.69) is 4.99 Å². The van der Waals surface area contributed by atoms with Crippen molar-refractivity contribution in [1.82, 2.24) is 0 Å². The standard InChI is InChI=1S/C16H19NO3S/c1-21(19,20)11-15(9-10-15)13-3-5-14(6-4-13)16(17-12-18)7-2-8-16/h3-6H,2,7-11H2,1H3. The molecule has 0 unspecified atom stereocenters. The number of nitrogens with zero attached hydrogens (tertiary/aromatic N) is 1. The lowest BCUT2D eigenvalue weighted by Crippen LogP contribution is -2.32. The number of benzene rings is 1. The Morgan fingerprint density at radius 3 is 2.05 bits per heavy atom. The number of isocyanates is 1. The topological polar surface area (TPSA) is 63.6 Å². The lowest BCUT2D eigenvalue weighted by Gasteiger charge is -2.37. The third-order valence-corrected chi connectivity index (χ3v) is 5.94. The largest absolute Gasteiger partial charge is 0.235 e. The van der Waals surface area contributed by atoms with Gasteiger partial charge in [0.1, 0.15) is 9.84 Å². The number of aliphatic imine (C=N–C) groups is 1. The summed E-state index contributed by atoms with van der Waals surface area (Å²) in [5.74, 6) is 0.219. The zero-order valence-corrected chi connectivity index (χ0v) is 12.9. The quantitative estimate of drug-likeness (QED) is 0.620. The molecule has 5 heteroatoms. The minimum absolute atomic E-state index is 0.188. The Morgan fingerprint density at radius 2 is 1.67 bits per heavy atom. The van der Waals surface area contributed by atoms with Gasteiger partial charge in [0.2, 0.25) is 6.08 Å². The van der Waals surface area contributed by atoms with Crippen LogP contribution in [0.1, 0.15) is 43.2 Å². The Hall–Kier alpha value is -1.45. The summed E-state index contributed by atoms with van der Waals surface area (Å²) in [7, 11) is -2.98. The molecule has 2 saturated carbocycles. The Morgan fingerprint density at radius 1 is 1.10 bits per heavy atom. The molecule has 0 aliphatic heterocycles. The van der Waals surface area contributed by atoms with E-state index < -0.39 is 9.84 Å². The van der Waals surface area contributed by atoms with Gasteiger partial charge in [-0.1, -0.05) is 24.3 Å². The Bertz CT molecular complexity index is 692. The average molecular weight is 305 g/mol. The van der Waals surface area contributed by atoms with Gasteiger partial charge in [-0.25, -0.2) is 13.2 Å². The second kappa shape index (κ2) is 4.79. The van der Waals surface area contributed by atoms with Crippen LogP contribution in [0, 0.1) is 0 Å². The first-order valence-electron chi connectivity index (χ1n) is 7.27.